The molecule has 0 heterocycles. The average molecular weight is 287 g/mol. The Kier molecular flexibility index (Phi) is 5.46. The number of para-hydroxylation sites is 2. The number of hydrogen-bond donors (Lipinski definition) is 1. The molecule has 0 spiro atoms. The highest BCUT2D eigenvalue weighted by Gasteiger charge is 2.11. The third kappa shape index (κ3) is 3.67. The Morgan fingerprint density at radius 2 is 1.52 bits per heavy atom. The third-order valence-corrected chi connectivity index (χ3v) is 3.21. The molecule has 0 aliphatic carbocycles. The molecule has 0 radical (unpaired) electrons. The van der Waals surface area contributed by atoms with Crippen LogP contribution in [0.25, 0.3) is 0 Å². The largest absolute Gasteiger partial charge is 0.496 e. The summed E-state index contributed by atoms with van der Waals surface area (Å²) in [6, 6.07) is 13.7. The number of nitrogens with one attached hydrogen (secondary N) is 1. The summed E-state index contributed by atoms with van der Waals surface area (Å²) in [7, 11) is 5.21. The highest BCUT2D eigenvalue weighted by Crippen LogP contribution is 2.32. The fourth-order valence-corrected chi connectivity index (χ4v) is 2.19. The molecule has 0 aromatic heterocycles. The van der Waals surface area contributed by atoms with Crippen LogP contribution in [0.1, 0.15) is 11.1 Å². The van der Waals surface area contributed by atoms with Crippen LogP contribution in [0.15, 0.2) is 42.5 Å². The molecule has 2 aromatic rings. The van der Waals surface area contributed by atoms with Crippen LogP contribution in [-0.4, -0.2) is 21.3 Å². The van der Waals surface area contributed by atoms with E-state index >= 15 is 0 Å². The molecule has 4 nitrogen and oxygen atoms in total. The Labute approximate surface area is 125 Å². The second-order valence-corrected chi connectivity index (χ2v) is 4.58. The summed E-state index contributed by atoms with van der Waals surface area (Å²) >= 11 is 0. The van der Waals surface area contributed by atoms with Crippen molar-refractivity contribution < 1.29 is 14.2 Å². The molecule has 1 N–H and O–H groups in total. The minimum absolute atomic E-state index is 0.432. The lowest BCUT2D eigenvalue weighted by Crippen LogP contribution is -2.08. The van der Waals surface area contributed by atoms with Crippen LogP contribution in [0.4, 0.5) is 0 Å². The SMILES string of the molecule is CNCc1cccc(OC)c1OCc1ccccc1OC. The van der Waals surface area contributed by atoms with E-state index in [2.05, 4.69) is 5.32 Å². The van der Waals surface area contributed by atoms with Gasteiger partial charge in [0.15, 0.2) is 11.5 Å². The zero-order chi connectivity index (χ0) is 15.1. The molecule has 0 amide bonds. The summed E-state index contributed by atoms with van der Waals surface area (Å²) in [5, 5.41) is 3.14. The Morgan fingerprint density at radius 3 is 2.24 bits per heavy atom. The van der Waals surface area contributed by atoms with Crippen molar-refractivity contribution in [3.8, 4) is 17.2 Å². The fourth-order valence-electron chi connectivity index (χ4n) is 2.19. The van der Waals surface area contributed by atoms with Crippen LogP contribution in [0, 0.1) is 0 Å². The number of benzene rings is 2. The van der Waals surface area contributed by atoms with Crippen molar-refractivity contribution in [2.45, 2.75) is 13.2 Å². The Hall–Kier alpha value is -2.20. The first-order valence-electron chi connectivity index (χ1n) is 6.85. The van der Waals surface area contributed by atoms with Gasteiger partial charge < -0.3 is 19.5 Å². The van der Waals surface area contributed by atoms with Crippen LogP contribution in [0.5, 0.6) is 17.2 Å². The van der Waals surface area contributed by atoms with E-state index in [9.17, 15) is 0 Å². The van der Waals surface area contributed by atoms with Gasteiger partial charge in [-0.15, -0.1) is 0 Å². The van der Waals surface area contributed by atoms with E-state index in [1.807, 2.05) is 49.5 Å². The maximum Gasteiger partial charge on any atom is 0.166 e. The van der Waals surface area contributed by atoms with Crippen molar-refractivity contribution in [3.63, 3.8) is 0 Å². The van der Waals surface area contributed by atoms with Gasteiger partial charge in [-0.2, -0.15) is 0 Å². The van der Waals surface area contributed by atoms with Gasteiger partial charge in [0, 0.05) is 17.7 Å². The van der Waals surface area contributed by atoms with Crippen molar-refractivity contribution in [1.82, 2.24) is 5.32 Å². The molecule has 0 unspecified atom stereocenters. The van der Waals surface area contributed by atoms with Crippen LogP contribution < -0.4 is 19.5 Å². The molecule has 0 fully saturated rings. The molecule has 2 rings (SSSR count). The van der Waals surface area contributed by atoms with Crippen molar-refractivity contribution in [2.75, 3.05) is 21.3 Å². The normalized spacial score (nSPS) is 10.2. The number of ether oxygens (including phenoxy) is 3. The van der Waals surface area contributed by atoms with Gasteiger partial charge in [-0.25, -0.2) is 0 Å². The van der Waals surface area contributed by atoms with Crippen molar-refractivity contribution in [3.05, 3.63) is 53.6 Å². The number of rotatable bonds is 7. The average Bonchev–Trinajstić information content (AvgIpc) is 2.54. The molecule has 0 aliphatic rings. The zero-order valence-electron chi connectivity index (χ0n) is 12.7. The summed E-state index contributed by atoms with van der Waals surface area (Å²) < 4.78 is 16.7. The van der Waals surface area contributed by atoms with E-state index < -0.39 is 0 Å². The van der Waals surface area contributed by atoms with E-state index in [4.69, 9.17) is 14.2 Å². The standard InChI is InChI=1S/C17H21NO3/c1-18-11-13-8-6-10-16(20-3)17(13)21-12-14-7-4-5-9-15(14)19-2/h4-10,18H,11-12H2,1-3H3. The first kappa shape index (κ1) is 15.2. The maximum absolute atomic E-state index is 6.00. The summed E-state index contributed by atoms with van der Waals surface area (Å²) in [6.07, 6.45) is 0. The molecule has 0 saturated carbocycles. The minimum Gasteiger partial charge on any atom is -0.496 e. The Balaban J connectivity index is 2.22. The Morgan fingerprint density at radius 1 is 0.857 bits per heavy atom. The molecule has 0 atom stereocenters. The van der Waals surface area contributed by atoms with Gasteiger partial charge in [-0.3, -0.25) is 0 Å². The monoisotopic (exact) mass is 287 g/mol. The smallest absolute Gasteiger partial charge is 0.166 e. The lowest BCUT2D eigenvalue weighted by molar-refractivity contribution is 0.274. The summed E-state index contributed by atoms with van der Waals surface area (Å²) in [5.41, 5.74) is 2.06. The predicted molar refractivity (Wildman–Crippen MR) is 83.1 cm³/mol. The van der Waals surface area contributed by atoms with E-state index in [0.29, 0.717) is 6.61 Å². The highest BCUT2D eigenvalue weighted by atomic mass is 16.5. The number of hydrogen-bond acceptors (Lipinski definition) is 4. The van der Waals surface area contributed by atoms with Crippen LogP contribution in [0.3, 0.4) is 0 Å². The van der Waals surface area contributed by atoms with E-state index in [-0.39, 0.29) is 0 Å². The maximum atomic E-state index is 6.00. The van der Waals surface area contributed by atoms with Crippen molar-refractivity contribution >= 4 is 0 Å². The minimum atomic E-state index is 0.432. The summed E-state index contributed by atoms with van der Waals surface area (Å²) in [6.45, 7) is 1.15. The predicted octanol–water partition coefficient (Wildman–Crippen LogP) is 3.00. The molecule has 2 aromatic carbocycles. The zero-order valence-corrected chi connectivity index (χ0v) is 12.7. The second kappa shape index (κ2) is 7.55. The topological polar surface area (TPSA) is 39.7 Å². The molecule has 112 valence electrons. The van der Waals surface area contributed by atoms with Gasteiger partial charge in [0.05, 0.1) is 14.2 Å². The van der Waals surface area contributed by atoms with Gasteiger partial charge in [0.2, 0.25) is 0 Å². The van der Waals surface area contributed by atoms with Gasteiger partial charge in [0.25, 0.3) is 0 Å². The second-order valence-electron chi connectivity index (χ2n) is 4.58. The first-order chi connectivity index (χ1) is 10.3. The summed E-state index contributed by atoms with van der Waals surface area (Å²) in [4.78, 5) is 0. The van der Waals surface area contributed by atoms with Gasteiger partial charge in [-0.1, -0.05) is 30.3 Å². The molecule has 0 bridgehead atoms. The van der Waals surface area contributed by atoms with Gasteiger partial charge in [-0.05, 0) is 19.2 Å². The fraction of sp³-hybridized carbons (Fsp3) is 0.294. The first-order valence-corrected chi connectivity index (χ1v) is 6.85. The number of methoxy groups -OCH3 is 2. The highest BCUT2D eigenvalue weighted by molar-refractivity contribution is 5.47. The van der Waals surface area contributed by atoms with Gasteiger partial charge in [0.1, 0.15) is 12.4 Å². The lowest BCUT2D eigenvalue weighted by atomic mass is 10.1. The third-order valence-electron chi connectivity index (χ3n) is 3.21. The molecular weight excluding hydrogens is 266 g/mol. The van der Waals surface area contributed by atoms with Crippen LogP contribution >= 0.6 is 0 Å². The van der Waals surface area contributed by atoms with Crippen LogP contribution in [-0.2, 0) is 13.2 Å². The van der Waals surface area contributed by atoms with Gasteiger partial charge >= 0.3 is 0 Å². The van der Waals surface area contributed by atoms with E-state index in [1.54, 1.807) is 14.2 Å². The Bertz CT molecular complexity index is 584. The molecule has 0 saturated heterocycles. The molecule has 4 heteroatoms. The van der Waals surface area contributed by atoms with E-state index in [1.165, 1.54) is 0 Å². The van der Waals surface area contributed by atoms with Crippen molar-refractivity contribution in [1.29, 1.82) is 0 Å². The lowest BCUT2D eigenvalue weighted by Gasteiger charge is -2.16. The van der Waals surface area contributed by atoms with E-state index in [0.717, 1.165) is 34.9 Å². The molecule has 21 heavy (non-hydrogen) atoms. The molecular formula is C17H21NO3. The van der Waals surface area contributed by atoms with Crippen molar-refractivity contribution in [2.24, 2.45) is 0 Å². The molecule has 0 aliphatic heterocycles. The summed E-state index contributed by atoms with van der Waals surface area (Å²) in [5.74, 6) is 2.32. The quantitative estimate of drug-likeness (QED) is 0.850. The van der Waals surface area contributed by atoms with Crippen LogP contribution in [0.2, 0.25) is 0 Å².